The third-order valence-corrected chi connectivity index (χ3v) is 7.20. The normalized spacial score (nSPS) is 15.5. The lowest BCUT2D eigenvalue weighted by Crippen LogP contribution is -2.35. The number of benzene rings is 1. The lowest BCUT2D eigenvalue weighted by Gasteiger charge is -2.22. The Morgan fingerprint density at radius 3 is 2.50 bits per heavy atom. The number of nitrogens with zero attached hydrogens (tertiary/aromatic N) is 6. The first kappa shape index (κ1) is 27.6. The summed E-state index contributed by atoms with van der Waals surface area (Å²) in [7, 11) is 0. The van der Waals surface area contributed by atoms with Gasteiger partial charge in [-0.25, -0.2) is 4.68 Å². The summed E-state index contributed by atoms with van der Waals surface area (Å²) in [5, 5.41) is 25.5. The van der Waals surface area contributed by atoms with Gasteiger partial charge in [0, 0.05) is 35.7 Å². The molecule has 5 rings (SSSR count). The van der Waals surface area contributed by atoms with Crippen molar-refractivity contribution in [3.8, 4) is 6.07 Å². The Labute approximate surface area is 234 Å². The van der Waals surface area contributed by atoms with E-state index in [0.717, 1.165) is 10.4 Å². The van der Waals surface area contributed by atoms with Crippen LogP contribution in [-0.2, 0) is 5.54 Å². The molecule has 1 aliphatic rings. The molecule has 4 aromatic rings. The number of alkyl halides is 3. The second kappa shape index (κ2) is 9.93. The van der Waals surface area contributed by atoms with E-state index in [2.05, 4.69) is 57.8 Å². The van der Waals surface area contributed by atoms with Gasteiger partial charge in [0.05, 0.1) is 34.0 Å². The van der Waals surface area contributed by atoms with Crippen molar-refractivity contribution in [1.29, 1.82) is 5.26 Å². The molecule has 0 saturated heterocycles. The highest BCUT2D eigenvalue weighted by molar-refractivity contribution is 6.35. The zero-order valence-electron chi connectivity index (χ0n) is 22.4. The van der Waals surface area contributed by atoms with Crippen LogP contribution in [-0.4, -0.2) is 37.7 Å². The minimum atomic E-state index is -4.43. The molecule has 0 radical (unpaired) electrons. The summed E-state index contributed by atoms with van der Waals surface area (Å²) in [6.45, 7) is 8.67. The van der Waals surface area contributed by atoms with Crippen LogP contribution in [0.3, 0.4) is 0 Å². The van der Waals surface area contributed by atoms with Crippen molar-refractivity contribution in [2.24, 2.45) is 5.41 Å². The predicted molar refractivity (Wildman–Crippen MR) is 147 cm³/mol. The van der Waals surface area contributed by atoms with Gasteiger partial charge in [-0.3, -0.25) is 9.97 Å². The summed E-state index contributed by atoms with van der Waals surface area (Å²) in [6.07, 6.45) is -0.0339. The van der Waals surface area contributed by atoms with Gasteiger partial charge in [0.1, 0.15) is 11.8 Å². The Kier molecular flexibility index (Phi) is 6.86. The zero-order valence-corrected chi connectivity index (χ0v) is 23.2. The summed E-state index contributed by atoms with van der Waals surface area (Å²) < 4.78 is 42.2. The number of hydrogen-bond donors (Lipinski definition) is 2. The summed E-state index contributed by atoms with van der Waals surface area (Å²) in [4.78, 5) is 8.77. The second-order valence-corrected chi connectivity index (χ2v) is 11.8. The SMILES string of the molecule is Cc1ccc([C@H](Nc2cc(Cl)c3ncc(C#N)c(NCC(C)(C)C)c3c2)c2cn(C3(C(F)(F)F)CC3)nn2)cn1. The minimum Gasteiger partial charge on any atom is -0.383 e. The van der Waals surface area contributed by atoms with Crippen molar-refractivity contribution in [1.82, 2.24) is 25.0 Å². The van der Waals surface area contributed by atoms with Crippen LogP contribution in [0, 0.1) is 23.7 Å². The van der Waals surface area contributed by atoms with E-state index in [1.165, 1.54) is 12.4 Å². The van der Waals surface area contributed by atoms with Gasteiger partial charge in [0.2, 0.25) is 0 Å². The number of aryl methyl sites for hydroxylation is 1. The van der Waals surface area contributed by atoms with E-state index in [1.54, 1.807) is 12.3 Å². The molecule has 0 spiro atoms. The average Bonchev–Trinajstić information content (AvgIpc) is 3.57. The summed E-state index contributed by atoms with van der Waals surface area (Å²) >= 11 is 6.66. The molecule has 0 unspecified atom stereocenters. The Morgan fingerprint density at radius 2 is 1.90 bits per heavy atom. The van der Waals surface area contributed by atoms with Crippen LogP contribution in [0.1, 0.15) is 62.2 Å². The van der Waals surface area contributed by atoms with Gasteiger partial charge in [-0.1, -0.05) is 43.7 Å². The molecule has 0 aliphatic heterocycles. The first-order chi connectivity index (χ1) is 18.8. The average molecular weight is 569 g/mol. The van der Waals surface area contributed by atoms with E-state index in [4.69, 9.17) is 11.6 Å². The molecule has 1 aromatic carbocycles. The number of nitrogens with one attached hydrogen (secondary N) is 2. The number of fused-ring (bicyclic) bond motifs is 1. The highest BCUT2D eigenvalue weighted by Gasteiger charge is 2.66. The van der Waals surface area contributed by atoms with Gasteiger partial charge >= 0.3 is 6.18 Å². The predicted octanol–water partition coefficient (Wildman–Crippen LogP) is 6.77. The summed E-state index contributed by atoms with van der Waals surface area (Å²) in [5.74, 6) is 0. The van der Waals surface area contributed by atoms with Crippen molar-refractivity contribution in [3.63, 3.8) is 0 Å². The maximum Gasteiger partial charge on any atom is 0.413 e. The first-order valence-corrected chi connectivity index (χ1v) is 13.1. The molecule has 2 N–H and O–H groups in total. The Bertz CT molecular complexity index is 1600. The number of rotatable bonds is 7. The van der Waals surface area contributed by atoms with Gasteiger partial charge in [-0.15, -0.1) is 5.10 Å². The number of hydrogen-bond acceptors (Lipinski definition) is 7. The second-order valence-electron chi connectivity index (χ2n) is 11.4. The molecule has 1 fully saturated rings. The van der Waals surface area contributed by atoms with Crippen molar-refractivity contribution in [2.45, 2.75) is 58.3 Å². The maximum atomic E-state index is 13.8. The van der Waals surface area contributed by atoms with Crippen LogP contribution >= 0.6 is 11.6 Å². The summed E-state index contributed by atoms with van der Waals surface area (Å²) in [5.41, 5.74) is 1.74. The fourth-order valence-electron chi connectivity index (χ4n) is 4.50. The molecule has 12 heteroatoms. The molecule has 0 bridgehead atoms. The van der Waals surface area contributed by atoms with Crippen LogP contribution in [0.5, 0.6) is 0 Å². The standard InChI is InChI=1S/C28H28ClF3N8/c1-16-5-6-17(12-34-16)24(22-14-40(39-38-22)27(7-8-27)28(30,31)32)37-19-9-20-23(36-15-26(2,3)4)18(11-33)13-35-25(20)21(29)10-19/h5-6,9-10,12-14,24,37H,7-8,15H2,1-4H3,(H,35,36)/t24-/m0/s1. The fraction of sp³-hybridized carbons (Fsp3) is 0.393. The van der Waals surface area contributed by atoms with Crippen LogP contribution in [0.4, 0.5) is 24.5 Å². The smallest absolute Gasteiger partial charge is 0.383 e. The largest absolute Gasteiger partial charge is 0.413 e. The van der Waals surface area contributed by atoms with E-state index >= 15 is 0 Å². The molecule has 8 nitrogen and oxygen atoms in total. The molecular formula is C28H28ClF3N8. The van der Waals surface area contributed by atoms with E-state index < -0.39 is 17.8 Å². The van der Waals surface area contributed by atoms with E-state index in [0.29, 0.717) is 50.7 Å². The number of halogens is 4. The molecular weight excluding hydrogens is 541 g/mol. The molecule has 3 aromatic heterocycles. The van der Waals surface area contributed by atoms with Crippen LogP contribution in [0.2, 0.25) is 5.02 Å². The molecule has 40 heavy (non-hydrogen) atoms. The Morgan fingerprint density at radius 1 is 1.15 bits per heavy atom. The highest BCUT2D eigenvalue weighted by atomic mass is 35.5. The minimum absolute atomic E-state index is 0.0394. The Balaban J connectivity index is 1.58. The highest BCUT2D eigenvalue weighted by Crippen LogP contribution is 2.55. The van der Waals surface area contributed by atoms with E-state index in [1.807, 2.05) is 25.1 Å². The van der Waals surface area contributed by atoms with E-state index in [-0.39, 0.29) is 18.3 Å². The number of anilines is 2. The first-order valence-electron chi connectivity index (χ1n) is 12.8. The Hall–Kier alpha value is -3.91. The molecule has 1 saturated carbocycles. The lowest BCUT2D eigenvalue weighted by molar-refractivity contribution is -0.182. The fourth-order valence-corrected chi connectivity index (χ4v) is 4.76. The monoisotopic (exact) mass is 568 g/mol. The molecule has 208 valence electrons. The van der Waals surface area contributed by atoms with Crippen molar-refractivity contribution < 1.29 is 13.2 Å². The van der Waals surface area contributed by atoms with Crippen molar-refractivity contribution >= 4 is 33.9 Å². The van der Waals surface area contributed by atoms with Gasteiger partial charge < -0.3 is 10.6 Å². The number of pyridine rings is 2. The lowest BCUT2D eigenvalue weighted by atomic mass is 9.96. The summed E-state index contributed by atoms with van der Waals surface area (Å²) in [6, 6.07) is 8.66. The quantitative estimate of drug-likeness (QED) is 0.253. The number of aromatic nitrogens is 5. The zero-order chi connectivity index (χ0) is 28.9. The number of nitriles is 1. The third kappa shape index (κ3) is 5.28. The molecule has 1 aliphatic carbocycles. The third-order valence-electron chi connectivity index (χ3n) is 6.92. The van der Waals surface area contributed by atoms with Crippen molar-refractivity contribution in [2.75, 3.05) is 17.2 Å². The van der Waals surface area contributed by atoms with Gasteiger partial charge in [-0.2, -0.15) is 18.4 Å². The van der Waals surface area contributed by atoms with Gasteiger partial charge in [-0.05, 0) is 48.9 Å². The van der Waals surface area contributed by atoms with E-state index in [9.17, 15) is 18.4 Å². The van der Waals surface area contributed by atoms with Gasteiger partial charge in [0.25, 0.3) is 0 Å². The van der Waals surface area contributed by atoms with Crippen LogP contribution < -0.4 is 10.6 Å². The maximum absolute atomic E-state index is 13.8. The van der Waals surface area contributed by atoms with Crippen LogP contribution in [0.25, 0.3) is 10.9 Å². The topological polar surface area (TPSA) is 104 Å². The van der Waals surface area contributed by atoms with Gasteiger partial charge in [0.15, 0.2) is 5.54 Å². The van der Waals surface area contributed by atoms with Crippen LogP contribution in [0.15, 0.2) is 42.9 Å². The van der Waals surface area contributed by atoms with Crippen molar-refractivity contribution in [3.05, 3.63) is 70.4 Å². The molecule has 1 atom stereocenters. The molecule has 0 amide bonds. The molecule has 3 heterocycles.